The van der Waals surface area contributed by atoms with Crippen molar-refractivity contribution >= 4 is 11.6 Å². The normalized spacial score (nSPS) is 31.5. The van der Waals surface area contributed by atoms with Crippen molar-refractivity contribution in [2.24, 2.45) is 11.3 Å². The van der Waals surface area contributed by atoms with Gasteiger partial charge in [0.25, 0.3) is 0 Å². The molecule has 1 aromatic rings. The van der Waals surface area contributed by atoms with Gasteiger partial charge in [0.1, 0.15) is 0 Å². The van der Waals surface area contributed by atoms with Crippen molar-refractivity contribution in [1.29, 1.82) is 0 Å². The fourth-order valence-corrected chi connectivity index (χ4v) is 3.92. The summed E-state index contributed by atoms with van der Waals surface area (Å²) in [4.78, 5) is 12.6. The number of anilines is 1. The van der Waals surface area contributed by atoms with E-state index in [9.17, 15) is 4.79 Å². The van der Waals surface area contributed by atoms with Crippen LogP contribution < -0.4 is 10.6 Å². The molecule has 4 rings (SSSR count). The van der Waals surface area contributed by atoms with Gasteiger partial charge in [0.05, 0.1) is 5.41 Å². The highest BCUT2D eigenvalue weighted by Crippen LogP contribution is 2.57. The monoisotopic (exact) mass is 256 g/mol. The molecule has 1 heterocycles. The van der Waals surface area contributed by atoms with Gasteiger partial charge in [-0.1, -0.05) is 12.1 Å². The summed E-state index contributed by atoms with van der Waals surface area (Å²) >= 11 is 0. The minimum Gasteiger partial charge on any atom is -0.325 e. The highest BCUT2D eigenvalue weighted by molar-refractivity contribution is 5.98. The van der Waals surface area contributed by atoms with Crippen LogP contribution >= 0.6 is 0 Å². The molecule has 2 atom stereocenters. The molecule has 2 N–H and O–H groups in total. The van der Waals surface area contributed by atoms with Gasteiger partial charge >= 0.3 is 0 Å². The molecule has 1 saturated carbocycles. The molecule has 100 valence electrons. The Balaban J connectivity index is 1.56. The number of amides is 1. The molecule has 0 spiro atoms. The molecule has 2 aliphatic carbocycles. The van der Waals surface area contributed by atoms with Crippen LogP contribution in [0.3, 0.4) is 0 Å². The van der Waals surface area contributed by atoms with Gasteiger partial charge in [-0.05, 0) is 68.3 Å². The number of carbonyl (C=O) groups excluding carboxylic acids is 1. The quantitative estimate of drug-likeness (QED) is 0.851. The van der Waals surface area contributed by atoms with Crippen molar-refractivity contribution in [2.45, 2.75) is 32.1 Å². The third-order valence-electron chi connectivity index (χ3n) is 5.22. The first-order chi connectivity index (χ1) is 9.29. The highest BCUT2D eigenvalue weighted by atomic mass is 16.2. The fraction of sp³-hybridized carbons (Fsp3) is 0.562. The molecular weight excluding hydrogens is 236 g/mol. The first kappa shape index (κ1) is 11.5. The molecule has 1 aliphatic heterocycles. The van der Waals surface area contributed by atoms with Gasteiger partial charge < -0.3 is 10.6 Å². The van der Waals surface area contributed by atoms with Crippen molar-refractivity contribution < 1.29 is 4.79 Å². The minimum absolute atomic E-state index is 0.0490. The largest absolute Gasteiger partial charge is 0.325 e. The van der Waals surface area contributed by atoms with Crippen LogP contribution in [-0.4, -0.2) is 19.0 Å². The third-order valence-corrected chi connectivity index (χ3v) is 5.22. The Bertz CT molecular complexity index is 540. The Morgan fingerprint density at radius 1 is 1.37 bits per heavy atom. The van der Waals surface area contributed by atoms with Gasteiger partial charge in [0, 0.05) is 5.69 Å². The molecule has 2 fully saturated rings. The number of carbonyl (C=O) groups is 1. The zero-order valence-corrected chi connectivity index (χ0v) is 11.2. The van der Waals surface area contributed by atoms with Gasteiger partial charge in [-0.15, -0.1) is 0 Å². The second kappa shape index (κ2) is 4.07. The van der Waals surface area contributed by atoms with Crippen molar-refractivity contribution in [1.82, 2.24) is 5.32 Å². The van der Waals surface area contributed by atoms with Gasteiger partial charge in [-0.25, -0.2) is 0 Å². The van der Waals surface area contributed by atoms with Crippen LogP contribution in [0.5, 0.6) is 0 Å². The molecule has 0 aromatic heterocycles. The summed E-state index contributed by atoms with van der Waals surface area (Å²) in [6.07, 6.45) is 5.57. The van der Waals surface area contributed by atoms with Gasteiger partial charge in [-0.2, -0.15) is 0 Å². The van der Waals surface area contributed by atoms with Crippen LogP contribution in [0.2, 0.25) is 0 Å². The van der Waals surface area contributed by atoms with E-state index in [0.29, 0.717) is 5.92 Å². The van der Waals surface area contributed by atoms with Crippen LogP contribution in [0.4, 0.5) is 5.69 Å². The Kier molecular flexibility index (Phi) is 2.46. The molecule has 2 unspecified atom stereocenters. The van der Waals surface area contributed by atoms with Crippen molar-refractivity contribution in [2.75, 3.05) is 18.4 Å². The number of nitrogens with one attached hydrogen (secondary N) is 2. The molecule has 3 nitrogen and oxygen atoms in total. The van der Waals surface area contributed by atoms with E-state index in [-0.39, 0.29) is 11.3 Å². The molecule has 0 radical (unpaired) electrons. The first-order valence-electron chi connectivity index (χ1n) is 7.42. The summed E-state index contributed by atoms with van der Waals surface area (Å²) < 4.78 is 0. The van der Waals surface area contributed by atoms with Crippen LogP contribution in [-0.2, 0) is 17.6 Å². The summed E-state index contributed by atoms with van der Waals surface area (Å²) in [5.74, 6) is 0.831. The average Bonchev–Trinajstić information content (AvgIpc) is 3.00. The zero-order valence-electron chi connectivity index (χ0n) is 11.2. The van der Waals surface area contributed by atoms with E-state index in [1.54, 1.807) is 0 Å². The SMILES string of the molecule is O=C(Nc1cccc2c1CCC2)C12CCNCC1C2. The predicted octanol–water partition coefficient (Wildman–Crippen LogP) is 2.11. The van der Waals surface area contributed by atoms with Crippen LogP contribution in [0, 0.1) is 11.3 Å². The van der Waals surface area contributed by atoms with E-state index in [0.717, 1.165) is 44.5 Å². The summed E-state index contributed by atoms with van der Waals surface area (Å²) in [6.45, 7) is 2.00. The lowest BCUT2D eigenvalue weighted by Crippen LogP contribution is -2.36. The average molecular weight is 256 g/mol. The fourth-order valence-electron chi connectivity index (χ4n) is 3.92. The summed E-state index contributed by atoms with van der Waals surface area (Å²) in [6, 6.07) is 6.34. The van der Waals surface area contributed by atoms with Crippen molar-refractivity contribution in [3.05, 3.63) is 29.3 Å². The third kappa shape index (κ3) is 1.71. The molecule has 1 aromatic carbocycles. The Hall–Kier alpha value is -1.35. The maximum absolute atomic E-state index is 12.6. The lowest BCUT2D eigenvalue weighted by atomic mass is 9.94. The number of aryl methyl sites for hydroxylation is 1. The van der Waals surface area contributed by atoms with Gasteiger partial charge in [0.2, 0.25) is 5.91 Å². The van der Waals surface area contributed by atoms with E-state index < -0.39 is 0 Å². The lowest BCUT2D eigenvalue weighted by Gasteiger charge is -2.22. The Labute approximate surface area is 113 Å². The summed E-state index contributed by atoms with van der Waals surface area (Å²) in [5.41, 5.74) is 3.82. The molecule has 1 amide bonds. The number of hydrogen-bond donors (Lipinski definition) is 2. The maximum atomic E-state index is 12.6. The van der Waals surface area contributed by atoms with Gasteiger partial charge in [-0.3, -0.25) is 4.79 Å². The molecule has 1 saturated heterocycles. The predicted molar refractivity (Wildman–Crippen MR) is 75.1 cm³/mol. The first-order valence-corrected chi connectivity index (χ1v) is 7.42. The standard InChI is InChI=1S/C16H20N2O/c19-15(16-7-8-17-10-12(16)9-16)18-14-6-2-4-11-3-1-5-13(11)14/h2,4,6,12,17H,1,3,5,7-10H2,(H,18,19). The number of fused-ring (bicyclic) bond motifs is 2. The van der Waals surface area contributed by atoms with E-state index in [1.807, 2.05) is 0 Å². The number of benzene rings is 1. The van der Waals surface area contributed by atoms with E-state index in [2.05, 4.69) is 28.8 Å². The summed E-state index contributed by atoms with van der Waals surface area (Å²) in [5, 5.41) is 6.61. The Morgan fingerprint density at radius 2 is 2.32 bits per heavy atom. The van der Waals surface area contributed by atoms with E-state index in [4.69, 9.17) is 0 Å². The molecule has 3 heteroatoms. The van der Waals surface area contributed by atoms with Crippen molar-refractivity contribution in [3.63, 3.8) is 0 Å². The molecular formula is C16H20N2O. The molecule has 19 heavy (non-hydrogen) atoms. The number of rotatable bonds is 2. The molecule has 0 bridgehead atoms. The lowest BCUT2D eigenvalue weighted by molar-refractivity contribution is -0.122. The molecule has 3 aliphatic rings. The number of piperidine rings is 1. The van der Waals surface area contributed by atoms with Crippen molar-refractivity contribution in [3.8, 4) is 0 Å². The van der Waals surface area contributed by atoms with Gasteiger partial charge in [0.15, 0.2) is 0 Å². The van der Waals surface area contributed by atoms with Crippen LogP contribution in [0.15, 0.2) is 18.2 Å². The smallest absolute Gasteiger partial charge is 0.230 e. The maximum Gasteiger partial charge on any atom is 0.230 e. The van der Waals surface area contributed by atoms with Crippen LogP contribution in [0.25, 0.3) is 0 Å². The highest BCUT2D eigenvalue weighted by Gasteiger charge is 2.60. The van der Waals surface area contributed by atoms with Crippen LogP contribution in [0.1, 0.15) is 30.4 Å². The van der Waals surface area contributed by atoms with E-state index >= 15 is 0 Å². The Morgan fingerprint density at radius 3 is 3.21 bits per heavy atom. The topological polar surface area (TPSA) is 41.1 Å². The minimum atomic E-state index is -0.0490. The summed E-state index contributed by atoms with van der Waals surface area (Å²) in [7, 11) is 0. The second-order valence-corrected chi connectivity index (χ2v) is 6.26. The van der Waals surface area contributed by atoms with E-state index in [1.165, 1.54) is 17.5 Å². The number of hydrogen-bond acceptors (Lipinski definition) is 2. The zero-order chi connectivity index (χ0) is 12.9. The second-order valence-electron chi connectivity index (χ2n) is 6.26.